The molecule has 0 radical (unpaired) electrons. The molecule has 0 aliphatic carbocycles. The Balaban J connectivity index is 2.19. The van der Waals surface area contributed by atoms with Crippen molar-refractivity contribution < 1.29 is 13.2 Å². The molecule has 0 saturated carbocycles. The highest BCUT2D eigenvalue weighted by molar-refractivity contribution is 9.10. The molecular formula is C11H15BrN2O3S. The molecule has 1 N–H and O–H groups in total. The highest BCUT2D eigenvalue weighted by Crippen LogP contribution is 2.27. The van der Waals surface area contributed by atoms with Crippen LogP contribution in [0.4, 0.5) is 5.69 Å². The summed E-state index contributed by atoms with van der Waals surface area (Å²) in [5.41, 5.74) is 1.54. The molecular weight excluding hydrogens is 320 g/mol. The van der Waals surface area contributed by atoms with Gasteiger partial charge in [0, 0.05) is 17.6 Å². The van der Waals surface area contributed by atoms with Gasteiger partial charge in [-0.15, -0.1) is 0 Å². The van der Waals surface area contributed by atoms with Gasteiger partial charge in [0.2, 0.25) is 0 Å². The third-order valence-corrected chi connectivity index (χ3v) is 5.32. The molecule has 1 aromatic rings. The quantitative estimate of drug-likeness (QED) is 0.916. The Morgan fingerprint density at radius 1 is 1.33 bits per heavy atom. The van der Waals surface area contributed by atoms with E-state index < -0.39 is 10.2 Å². The van der Waals surface area contributed by atoms with E-state index in [-0.39, 0.29) is 0 Å². The summed E-state index contributed by atoms with van der Waals surface area (Å²) in [6.45, 7) is 3.57. The van der Waals surface area contributed by atoms with Crippen LogP contribution in [0.5, 0.6) is 0 Å². The fraction of sp³-hybridized carbons (Fsp3) is 0.455. The van der Waals surface area contributed by atoms with Crippen LogP contribution in [-0.4, -0.2) is 39.0 Å². The molecule has 7 heteroatoms. The van der Waals surface area contributed by atoms with Crippen molar-refractivity contribution in [2.75, 3.05) is 31.0 Å². The van der Waals surface area contributed by atoms with Crippen molar-refractivity contribution in [1.82, 2.24) is 4.31 Å². The topological polar surface area (TPSA) is 58.6 Å². The van der Waals surface area contributed by atoms with Gasteiger partial charge in [0.15, 0.2) is 0 Å². The van der Waals surface area contributed by atoms with Crippen LogP contribution in [0, 0.1) is 6.92 Å². The van der Waals surface area contributed by atoms with E-state index in [2.05, 4.69) is 20.7 Å². The molecule has 0 bridgehead atoms. The maximum absolute atomic E-state index is 12.2. The Morgan fingerprint density at radius 3 is 2.67 bits per heavy atom. The summed E-state index contributed by atoms with van der Waals surface area (Å²) in [4.78, 5) is 0. The van der Waals surface area contributed by atoms with Crippen LogP contribution in [0.15, 0.2) is 22.7 Å². The Labute approximate surface area is 115 Å². The summed E-state index contributed by atoms with van der Waals surface area (Å²) in [7, 11) is -3.50. The SMILES string of the molecule is Cc1cccc(NS(=O)(=O)N2CCOCC2)c1Br. The molecule has 1 aliphatic heterocycles. The maximum atomic E-state index is 12.2. The second kappa shape index (κ2) is 5.56. The van der Waals surface area contributed by atoms with Gasteiger partial charge in [-0.3, -0.25) is 4.72 Å². The smallest absolute Gasteiger partial charge is 0.301 e. The molecule has 1 fully saturated rings. The summed E-state index contributed by atoms with van der Waals surface area (Å²) in [5, 5.41) is 0. The molecule has 0 spiro atoms. The largest absolute Gasteiger partial charge is 0.379 e. The number of rotatable bonds is 3. The summed E-state index contributed by atoms with van der Waals surface area (Å²) >= 11 is 3.39. The summed E-state index contributed by atoms with van der Waals surface area (Å²) < 4.78 is 34.2. The van der Waals surface area contributed by atoms with Gasteiger partial charge >= 0.3 is 10.2 Å². The third kappa shape index (κ3) is 3.03. The minimum atomic E-state index is -3.50. The number of aryl methyl sites for hydroxylation is 1. The Kier molecular flexibility index (Phi) is 4.26. The molecule has 0 aromatic heterocycles. The van der Waals surface area contributed by atoms with Crippen LogP contribution in [0.3, 0.4) is 0 Å². The van der Waals surface area contributed by atoms with E-state index in [1.165, 1.54) is 4.31 Å². The molecule has 5 nitrogen and oxygen atoms in total. The van der Waals surface area contributed by atoms with Crippen LogP contribution in [0.2, 0.25) is 0 Å². The molecule has 0 unspecified atom stereocenters. The zero-order valence-electron chi connectivity index (χ0n) is 10.0. The van der Waals surface area contributed by atoms with Crippen molar-refractivity contribution in [2.45, 2.75) is 6.92 Å². The van der Waals surface area contributed by atoms with Crippen LogP contribution < -0.4 is 4.72 Å². The van der Waals surface area contributed by atoms with Gasteiger partial charge in [-0.2, -0.15) is 12.7 Å². The van der Waals surface area contributed by atoms with Gasteiger partial charge in [0.1, 0.15) is 0 Å². The zero-order chi connectivity index (χ0) is 13.2. The molecule has 1 heterocycles. The van der Waals surface area contributed by atoms with E-state index in [9.17, 15) is 8.42 Å². The van der Waals surface area contributed by atoms with Crippen LogP contribution in [0.1, 0.15) is 5.56 Å². The van der Waals surface area contributed by atoms with E-state index in [1.54, 1.807) is 6.07 Å². The third-order valence-electron chi connectivity index (χ3n) is 2.74. The first-order chi connectivity index (χ1) is 8.50. The lowest BCUT2D eigenvalue weighted by atomic mass is 10.2. The van der Waals surface area contributed by atoms with Gasteiger partial charge in [0.25, 0.3) is 0 Å². The fourth-order valence-electron chi connectivity index (χ4n) is 1.72. The Morgan fingerprint density at radius 2 is 2.00 bits per heavy atom. The first kappa shape index (κ1) is 13.8. The van der Waals surface area contributed by atoms with Gasteiger partial charge in [0.05, 0.1) is 18.9 Å². The van der Waals surface area contributed by atoms with Gasteiger partial charge < -0.3 is 4.74 Å². The van der Waals surface area contributed by atoms with E-state index >= 15 is 0 Å². The fourth-order valence-corrected chi connectivity index (χ4v) is 3.42. The minimum Gasteiger partial charge on any atom is -0.379 e. The highest BCUT2D eigenvalue weighted by Gasteiger charge is 2.24. The van der Waals surface area contributed by atoms with E-state index in [4.69, 9.17) is 4.74 Å². The number of hydrogen-bond donors (Lipinski definition) is 1. The van der Waals surface area contributed by atoms with Crippen molar-refractivity contribution in [2.24, 2.45) is 0 Å². The molecule has 2 rings (SSSR count). The number of ether oxygens (including phenoxy) is 1. The monoisotopic (exact) mass is 334 g/mol. The van der Waals surface area contributed by atoms with Crippen LogP contribution in [0.25, 0.3) is 0 Å². The summed E-state index contributed by atoms with van der Waals surface area (Å²) in [5.74, 6) is 0. The number of morpholine rings is 1. The van der Waals surface area contributed by atoms with Crippen molar-refractivity contribution in [3.8, 4) is 0 Å². The maximum Gasteiger partial charge on any atom is 0.301 e. The number of anilines is 1. The van der Waals surface area contributed by atoms with Gasteiger partial charge in [-0.1, -0.05) is 12.1 Å². The van der Waals surface area contributed by atoms with Gasteiger partial charge in [-0.05, 0) is 34.5 Å². The summed E-state index contributed by atoms with van der Waals surface area (Å²) in [6, 6.07) is 5.46. The lowest BCUT2D eigenvalue weighted by molar-refractivity contribution is 0.0733. The van der Waals surface area contributed by atoms with Crippen molar-refractivity contribution in [1.29, 1.82) is 0 Å². The molecule has 1 saturated heterocycles. The molecule has 1 aromatic carbocycles. The van der Waals surface area contributed by atoms with Crippen molar-refractivity contribution in [3.05, 3.63) is 28.2 Å². The lowest BCUT2D eigenvalue weighted by Gasteiger charge is -2.26. The highest BCUT2D eigenvalue weighted by atomic mass is 79.9. The number of nitrogens with zero attached hydrogens (tertiary/aromatic N) is 1. The molecule has 0 amide bonds. The summed E-state index contributed by atoms with van der Waals surface area (Å²) in [6.07, 6.45) is 0. The van der Waals surface area contributed by atoms with E-state index in [0.717, 1.165) is 10.0 Å². The van der Waals surface area contributed by atoms with E-state index in [0.29, 0.717) is 32.0 Å². The van der Waals surface area contributed by atoms with Crippen LogP contribution >= 0.6 is 15.9 Å². The van der Waals surface area contributed by atoms with Crippen LogP contribution in [-0.2, 0) is 14.9 Å². The predicted octanol–water partition coefficient (Wildman–Crippen LogP) is 1.75. The average Bonchev–Trinajstić information content (AvgIpc) is 2.36. The van der Waals surface area contributed by atoms with Crippen molar-refractivity contribution >= 4 is 31.8 Å². The lowest BCUT2D eigenvalue weighted by Crippen LogP contribution is -2.43. The normalized spacial score (nSPS) is 17.7. The molecule has 0 atom stereocenters. The molecule has 18 heavy (non-hydrogen) atoms. The first-order valence-electron chi connectivity index (χ1n) is 5.61. The number of nitrogens with one attached hydrogen (secondary N) is 1. The number of hydrogen-bond acceptors (Lipinski definition) is 3. The molecule has 100 valence electrons. The first-order valence-corrected chi connectivity index (χ1v) is 7.85. The second-order valence-electron chi connectivity index (χ2n) is 4.05. The Bertz CT molecular complexity index is 527. The van der Waals surface area contributed by atoms with E-state index in [1.807, 2.05) is 19.1 Å². The van der Waals surface area contributed by atoms with Crippen molar-refractivity contribution in [3.63, 3.8) is 0 Å². The van der Waals surface area contributed by atoms with Gasteiger partial charge in [-0.25, -0.2) is 0 Å². The predicted molar refractivity (Wildman–Crippen MR) is 73.8 cm³/mol. The standard InChI is InChI=1S/C11H15BrN2O3S/c1-9-3-2-4-10(11(9)12)13-18(15,16)14-5-7-17-8-6-14/h2-4,13H,5-8H2,1H3. The second-order valence-corrected chi connectivity index (χ2v) is 6.52. The zero-order valence-corrected chi connectivity index (χ0v) is 12.4. The molecule has 1 aliphatic rings. The Hall–Kier alpha value is -0.630. The minimum absolute atomic E-state index is 0.388. The number of benzene rings is 1. The number of halogens is 1. The average molecular weight is 335 g/mol.